The van der Waals surface area contributed by atoms with Crippen LogP contribution in [0.1, 0.15) is 18.2 Å². The fraction of sp³-hybridized carbons (Fsp3) is 0.500. The zero-order chi connectivity index (χ0) is 10.6. The van der Waals surface area contributed by atoms with E-state index in [0.29, 0.717) is 6.42 Å². The number of Topliss-reactive ketones (excluding diaryl/α,β-unsaturated/α-hetero) is 1. The summed E-state index contributed by atoms with van der Waals surface area (Å²) in [4.78, 5) is 12.4. The Bertz CT molecular complexity index is 309. The number of hydrogen-bond acceptors (Lipinski definition) is 3. The van der Waals surface area contributed by atoms with Gasteiger partial charge in [-0.2, -0.15) is 0 Å². The van der Waals surface area contributed by atoms with Gasteiger partial charge in [0.1, 0.15) is 5.78 Å². The number of carbonyl (C=O) groups excluding carboxylic acids is 1. The average molecular weight is 277 g/mol. The van der Waals surface area contributed by atoms with Crippen LogP contribution in [0.2, 0.25) is 0 Å². The first-order valence-electron chi connectivity index (χ1n) is 4.49. The highest BCUT2D eigenvalue weighted by Crippen LogP contribution is 2.25. The molecule has 14 heavy (non-hydrogen) atoms. The van der Waals surface area contributed by atoms with Gasteiger partial charge in [0.15, 0.2) is 0 Å². The summed E-state index contributed by atoms with van der Waals surface area (Å²) < 4.78 is 1.08. The van der Waals surface area contributed by atoms with Crippen LogP contribution in [0.25, 0.3) is 0 Å². The van der Waals surface area contributed by atoms with Crippen molar-refractivity contribution in [3.63, 3.8) is 0 Å². The SMILES string of the molecule is CC(=O)C(CCO)Cc1ccc(Br)s1. The lowest BCUT2D eigenvalue weighted by Gasteiger charge is -2.10. The summed E-state index contributed by atoms with van der Waals surface area (Å²) >= 11 is 5.02. The summed E-state index contributed by atoms with van der Waals surface area (Å²) in [5.41, 5.74) is 0. The van der Waals surface area contributed by atoms with Crippen LogP contribution >= 0.6 is 27.3 Å². The molecule has 1 rings (SSSR count). The third-order valence-corrected chi connectivity index (χ3v) is 3.77. The number of aliphatic hydroxyl groups excluding tert-OH is 1. The molecule has 0 aromatic carbocycles. The highest BCUT2D eigenvalue weighted by Gasteiger charge is 2.15. The summed E-state index contributed by atoms with van der Waals surface area (Å²) in [5.74, 6) is 0.120. The molecule has 1 aromatic heterocycles. The van der Waals surface area contributed by atoms with E-state index in [1.165, 1.54) is 4.88 Å². The number of ketones is 1. The molecular formula is C10H13BrO2S. The largest absolute Gasteiger partial charge is 0.396 e. The molecule has 0 bridgehead atoms. The highest BCUT2D eigenvalue weighted by molar-refractivity contribution is 9.11. The minimum atomic E-state index is -0.0365. The maximum absolute atomic E-state index is 11.2. The number of aliphatic hydroxyl groups is 1. The maximum atomic E-state index is 11.2. The second-order valence-electron chi connectivity index (χ2n) is 3.23. The first-order chi connectivity index (χ1) is 6.63. The van der Waals surface area contributed by atoms with Crippen molar-refractivity contribution in [1.82, 2.24) is 0 Å². The molecule has 2 nitrogen and oxygen atoms in total. The van der Waals surface area contributed by atoms with Crippen LogP contribution in [0.5, 0.6) is 0 Å². The van der Waals surface area contributed by atoms with E-state index in [1.807, 2.05) is 12.1 Å². The van der Waals surface area contributed by atoms with E-state index in [9.17, 15) is 4.79 Å². The van der Waals surface area contributed by atoms with Crippen LogP contribution < -0.4 is 0 Å². The Morgan fingerprint density at radius 2 is 2.36 bits per heavy atom. The highest BCUT2D eigenvalue weighted by atomic mass is 79.9. The van der Waals surface area contributed by atoms with Crippen LogP contribution in [-0.2, 0) is 11.2 Å². The zero-order valence-electron chi connectivity index (χ0n) is 8.00. The van der Waals surface area contributed by atoms with Gasteiger partial charge in [-0.25, -0.2) is 0 Å². The summed E-state index contributed by atoms with van der Waals surface area (Å²) in [7, 11) is 0. The van der Waals surface area contributed by atoms with Crippen molar-refractivity contribution >= 4 is 33.0 Å². The predicted octanol–water partition coefficient (Wildman–Crippen LogP) is 2.64. The molecular weight excluding hydrogens is 264 g/mol. The number of hydrogen-bond donors (Lipinski definition) is 1. The van der Waals surface area contributed by atoms with Gasteiger partial charge in [0.05, 0.1) is 3.79 Å². The Morgan fingerprint density at radius 3 is 2.79 bits per heavy atom. The molecule has 0 saturated heterocycles. The monoisotopic (exact) mass is 276 g/mol. The van der Waals surface area contributed by atoms with Gasteiger partial charge in [0.25, 0.3) is 0 Å². The first-order valence-corrected chi connectivity index (χ1v) is 6.10. The molecule has 0 saturated carbocycles. The maximum Gasteiger partial charge on any atom is 0.133 e. The second-order valence-corrected chi connectivity index (χ2v) is 5.78. The fourth-order valence-corrected chi connectivity index (χ4v) is 2.87. The zero-order valence-corrected chi connectivity index (χ0v) is 10.4. The van der Waals surface area contributed by atoms with Crippen molar-refractivity contribution in [2.45, 2.75) is 19.8 Å². The van der Waals surface area contributed by atoms with E-state index >= 15 is 0 Å². The van der Waals surface area contributed by atoms with E-state index in [4.69, 9.17) is 5.11 Å². The van der Waals surface area contributed by atoms with Gasteiger partial charge in [0.2, 0.25) is 0 Å². The molecule has 0 radical (unpaired) electrons. The molecule has 0 spiro atoms. The third kappa shape index (κ3) is 3.52. The molecule has 1 heterocycles. The van der Waals surface area contributed by atoms with Crippen LogP contribution in [0.15, 0.2) is 15.9 Å². The van der Waals surface area contributed by atoms with Gasteiger partial charge in [-0.15, -0.1) is 11.3 Å². The lowest BCUT2D eigenvalue weighted by atomic mass is 9.97. The van der Waals surface area contributed by atoms with E-state index in [0.717, 1.165) is 10.2 Å². The molecule has 0 aliphatic heterocycles. The topological polar surface area (TPSA) is 37.3 Å². The molecule has 0 amide bonds. The Hall–Kier alpha value is -0.190. The predicted molar refractivity (Wildman–Crippen MR) is 61.6 cm³/mol. The third-order valence-electron chi connectivity index (χ3n) is 2.13. The number of carbonyl (C=O) groups is 1. The quantitative estimate of drug-likeness (QED) is 0.898. The molecule has 1 N–H and O–H groups in total. The molecule has 0 aliphatic carbocycles. The van der Waals surface area contributed by atoms with Gasteiger partial charge < -0.3 is 5.11 Å². The van der Waals surface area contributed by atoms with Crippen LogP contribution in [0, 0.1) is 5.92 Å². The number of rotatable bonds is 5. The second kappa shape index (κ2) is 5.63. The van der Waals surface area contributed by atoms with Crippen LogP contribution in [-0.4, -0.2) is 17.5 Å². The van der Waals surface area contributed by atoms with Crippen LogP contribution in [0.4, 0.5) is 0 Å². The standard InChI is InChI=1S/C10H13BrO2S/c1-7(13)8(4-5-12)6-9-2-3-10(11)14-9/h2-3,8,12H,4-6H2,1H3. The molecule has 78 valence electrons. The Morgan fingerprint density at radius 1 is 1.64 bits per heavy atom. The summed E-state index contributed by atoms with van der Waals surface area (Å²) in [5, 5.41) is 8.81. The first kappa shape index (κ1) is 11.9. The summed E-state index contributed by atoms with van der Waals surface area (Å²) in [6.07, 6.45) is 1.30. The van der Waals surface area contributed by atoms with Gasteiger partial charge >= 0.3 is 0 Å². The van der Waals surface area contributed by atoms with E-state index < -0.39 is 0 Å². The Kier molecular flexibility index (Phi) is 4.78. The van der Waals surface area contributed by atoms with Gasteiger partial charge in [-0.1, -0.05) is 0 Å². The smallest absolute Gasteiger partial charge is 0.133 e. The Labute approximate surface area is 96.1 Å². The van der Waals surface area contributed by atoms with E-state index in [2.05, 4.69) is 15.9 Å². The molecule has 1 unspecified atom stereocenters. The molecule has 0 fully saturated rings. The normalized spacial score (nSPS) is 12.8. The molecule has 1 atom stereocenters. The average Bonchev–Trinajstić information content (AvgIpc) is 2.50. The van der Waals surface area contributed by atoms with Crippen molar-refractivity contribution in [2.75, 3.05) is 6.61 Å². The van der Waals surface area contributed by atoms with Crippen molar-refractivity contribution in [2.24, 2.45) is 5.92 Å². The lowest BCUT2D eigenvalue weighted by Crippen LogP contribution is -2.14. The minimum Gasteiger partial charge on any atom is -0.396 e. The number of halogens is 1. The van der Waals surface area contributed by atoms with E-state index in [1.54, 1.807) is 18.3 Å². The molecule has 1 aromatic rings. The van der Waals surface area contributed by atoms with E-state index in [-0.39, 0.29) is 18.3 Å². The molecule has 4 heteroatoms. The lowest BCUT2D eigenvalue weighted by molar-refractivity contribution is -0.121. The van der Waals surface area contributed by atoms with Crippen LogP contribution in [0.3, 0.4) is 0 Å². The summed E-state index contributed by atoms with van der Waals surface area (Å²) in [6, 6.07) is 4.00. The Balaban J connectivity index is 2.59. The van der Waals surface area contributed by atoms with Crippen molar-refractivity contribution in [3.8, 4) is 0 Å². The fourth-order valence-electron chi connectivity index (χ4n) is 1.31. The van der Waals surface area contributed by atoms with Crippen molar-refractivity contribution in [1.29, 1.82) is 0 Å². The van der Waals surface area contributed by atoms with Gasteiger partial charge in [-0.05, 0) is 47.8 Å². The number of thiophene rings is 1. The molecule has 0 aliphatic rings. The minimum absolute atomic E-state index is 0.0365. The van der Waals surface area contributed by atoms with Gasteiger partial charge in [-0.3, -0.25) is 4.79 Å². The van der Waals surface area contributed by atoms with Crippen molar-refractivity contribution < 1.29 is 9.90 Å². The van der Waals surface area contributed by atoms with Gasteiger partial charge in [0, 0.05) is 17.4 Å². The van der Waals surface area contributed by atoms with Crippen molar-refractivity contribution in [3.05, 3.63) is 20.8 Å². The summed E-state index contributed by atoms with van der Waals surface area (Å²) in [6.45, 7) is 1.67.